The Labute approximate surface area is 129 Å². The molecule has 0 aliphatic heterocycles. The van der Waals surface area contributed by atoms with E-state index >= 15 is 0 Å². The average Bonchev–Trinajstić information content (AvgIpc) is 2.50. The first-order valence-corrected chi connectivity index (χ1v) is 7.30. The van der Waals surface area contributed by atoms with Gasteiger partial charge in [-0.2, -0.15) is 0 Å². The number of para-hydroxylation sites is 1. The van der Waals surface area contributed by atoms with Gasteiger partial charge in [0.15, 0.2) is 0 Å². The molecule has 3 rings (SSSR count). The molecule has 0 atom stereocenters. The van der Waals surface area contributed by atoms with Crippen molar-refractivity contribution in [2.45, 2.75) is 13.3 Å². The van der Waals surface area contributed by atoms with Gasteiger partial charge in [-0.1, -0.05) is 35.9 Å². The van der Waals surface area contributed by atoms with Crippen molar-refractivity contribution < 1.29 is 0 Å². The molecule has 0 unspecified atom stereocenters. The van der Waals surface area contributed by atoms with Crippen LogP contribution in [0.5, 0.6) is 0 Å². The van der Waals surface area contributed by atoms with Crippen molar-refractivity contribution in [3.05, 3.63) is 65.1 Å². The van der Waals surface area contributed by atoms with E-state index in [1.807, 2.05) is 30.6 Å². The van der Waals surface area contributed by atoms with Crippen LogP contribution in [0.1, 0.15) is 11.1 Å². The van der Waals surface area contributed by atoms with Gasteiger partial charge in [-0.15, -0.1) is 0 Å². The van der Waals surface area contributed by atoms with Crippen LogP contribution < -0.4 is 5.32 Å². The van der Waals surface area contributed by atoms with Crippen LogP contribution in [0.3, 0.4) is 0 Å². The highest BCUT2D eigenvalue weighted by molar-refractivity contribution is 6.29. The predicted molar refractivity (Wildman–Crippen MR) is 87.9 cm³/mol. The van der Waals surface area contributed by atoms with Gasteiger partial charge in [0.2, 0.25) is 0 Å². The van der Waals surface area contributed by atoms with Gasteiger partial charge in [-0.25, -0.2) is 4.98 Å². The molecule has 2 aromatic heterocycles. The van der Waals surface area contributed by atoms with Gasteiger partial charge >= 0.3 is 0 Å². The zero-order chi connectivity index (χ0) is 14.7. The second-order valence-electron chi connectivity index (χ2n) is 5.00. The average molecular weight is 298 g/mol. The fourth-order valence-electron chi connectivity index (χ4n) is 2.37. The highest BCUT2D eigenvalue weighted by Crippen LogP contribution is 2.23. The normalized spacial score (nSPS) is 10.8. The lowest BCUT2D eigenvalue weighted by Crippen LogP contribution is -2.05. The lowest BCUT2D eigenvalue weighted by molar-refractivity contribution is 1.01. The van der Waals surface area contributed by atoms with Crippen molar-refractivity contribution in [2.75, 3.05) is 11.9 Å². The Morgan fingerprint density at radius 2 is 2.00 bits per heavy atom. The number of anilines is 1. The summed E-state index contributed by atoms with van der Waals surface area (Å²) in [6, 6.07) is 12.1. The van der Waals surface area contributed by atoms with Crippen LogP contribution in [-0.4, -0.2) is 16.5 Å². The standard InChI is InChI=1S/C17H16ClN3/c1-12-3-2-4-14-15(8-10-20-17(12)14)19-9-7-13-5-6-16(18)21-11-13/h2-6,8,10-11H,7,9H2,1H3,(H,19,20). The van der Waals surface area contributed by atoms with Gasteiger partial charge in [-0.05, 0) is 36.6 Å². The third kappa shape index (κ3) is 3.14. The molecule has 0 aliphatic rings. The number of hydrogen-bond donors (Lipinski definition) is 1. The molecule has 21 heavy (non-hydrogen) atoms. The summed E-state index contributed by atoms with van der Waals surface area (Å²) in [4.78, 5) is 8.55. The molecule has 106 valence electrons. The Morgan fingerprint density at radius 1 is 1.10 bits per heavy atom. The van der Waals surface area contributed by atoms with Crippen LogP contribution in [0.4, 0.5) is 5.69 Å². The maximum atomic E-state index is 5.79. The number of hydrogen-bond acceptors (Lipinski definition) is 3. The summed E-state index contributed by atoms with van der Waals surface area (Å²) in [5.41, 5.74) is 4.53. The lowest BCUT2D eigenvalue weighted by atomic mass is 10.1. The highest BCUT2D eigenvalue weighted by Gasteiger charge is 2.03. The zero-order valence-electron chi connectivity index (χ0n) is 11.8. The molecule has 0 bridgehead atoms. The Morgan fingerprint density at radius 3 is 2.81 bits per heavy atom. The van der Waals surface area contributed by atoms with Crippen molar-refractivity contribution in [2.24, 2.45) is 0 Å². The lowest BCUT2D eigenvalue weighted by Gasteiger charge is -2.10. The summed E-state index contributed by atoms with van der Waals surface area (Å²) >= 11 is 5.79. The van der Waals surface area contributed by atoms with E-state index in [2.05, 4.69) is 40.4 Å². The van der Waals surface area contributed by atoms with Crippen LogP contribution in [0, 0.1) is 6.92 Å². The predicted octanol–water partition coefficient (Wildman–Crippen LogP) is 4.25. The van der Waals surface area contributed by atoms with Crippen LogP contribution >= 0.6 is 11.6 Å². The van der Waals surface area contributed by atoms with Gasteiger partial charge in [0, 0.05) is 30.0 Å². The Bertz CT molecular complexity index is 754. The molecule has 0 radical (unpaired) electrons. The fourth-order valence-corrected chi connectivity index (χ4v) is 2.49. The number of benzene rings is 1. The molecule has 0 saturated carbocycles. The summed E-state index contributed by atoms with van der Waals surface area (Å²) in [6.45, 7) is 2.93. The molecular formula is C17H16ClN3. The largest absolute Gasteiger partial charge is 0.384 e. The number of aryl methyl sites for hydroxylation is 1. The summed E-state index contributed by atoms with van der Waals surface area (Å²) < 4.78 is 0. The molecule has 0 saturated heterocycles. The van der Waals surface area contributed by atoms with Gasteiger partial charge in [0.05, 0.1) is 5.52 Å². The van der Waals surface area contributed by atoms with E-state index in [4.69, 9.17) is 11.6 Å². The molecule has 0 aliphatic carbocycles. The van der Waals surface area contributed by atoms with Crippen LogP contribution in [0.25, 0.3) is 10.9 Å². The summed E-state index contributed by atoms with van der Waals surface area (Å²) in [5, 5.41) is 5.17. The van der Waals surface area contributed by atoms with E-state index in [1.165, 1.54) is 11.1 Å². The minimum absolute atomic E-state index is 0.530. The molecule has 4 heteroatoms. The van der Waals surface area contributed by atoms with Crippen LogP contribution in [0.2, 0.25) is 5.15 Å². The van der Waals surface area contributed by atoms with Crippen molar-refractivity contribution in [3.63, 3.8) is 0 Å². The summed E-state index contributed by atoms with van der Waals surface area (Å²) in [7, 11) is 0. The minimum Gasteiger partial charge on any atom is -0.384 e. The molecule has 0 spiro atoms. The van der Waals surface area contributed by atoms with Gasteiger partial charge in [0.1, 0.15) is 5.15 Å². The minimum atomic E-state index is 0.530. The van der Waals surface area contributed by atoms with E-state index in [0.29, 0.717) is 5.15 Å². The fraction of sp³-hybridized carbons (Fsp3) is 0.176. The van der Waals surface area contributed by atoms with E-state index in [-0.39, 0.29) is 0 Å². The van der Waals surface area contributed by atoms with Crippen LogP contribution in [-0.2, 0) is 6.42 Å². The molecule has 3 aromatic rings. The summed E-state index contributed by atoms with van der Waals surface area (Å²) in [6.07, 6.45) is 4.57. The van der Waals surface area contributed by atoms with E-state index in [9.17, 15) is 0 Å². The smallest absolute Gasteiger partial charge is 0.129 e. The van der Waals surface area contributed by atoms with Gasteiger partial charge < -0.3 is 5.32 Å². The maximum Gasteiger partial charge on any atom is 0.129 e. The van der Waals surface area contributed by atoms with Gasteiger partial charge in [-0.3, -0.25) is 4.98 Å². The number of aromatic nitrogens is 2. The van der Waals surface area contributed by atoms with Crippen molar-refractivity contribution in [1.82, 2.24) is 9.97 Å². The first kappa shape index (κ1) is 13.8. The molecule has 1 aromatic carbocycles. The first-order valence-electron chi connectivity index (χ1n) is 6.93. The van der Waals surface area contributed by atoms with Crippen molar-refractivity contribution in [3.8, 4) is 0 Å². The highest BCUT2D eigenvalue weighted by atomic mass is 35.5. The number of nitrogens with zero attached hydrogens (tertiary/aromatic N) is 2. The quantitative estimate of drug-likeness (QED) is 0.732. The molecule has 3 nitrogen and oxygen atoms in total. The number of pyridine rings is 2. The van der Waals surface area contributed by atoms with Crippen molar-refractivity contribution in [1.29, 1.82) is 0 Å². The molecule has 0 fully saturated rings. The van der Waals surface area contributed by atoms with Crippen LogP contribution in [0.15, 0.2) is 48.8 Å². The third-order valence-electron chi connectivity index (χ3n) is 3.49. The topological polar surface area (TPSA) is 37.8 Å². The summed E-state index contributed by atoms with van der Waals surface area (Å²) in [5.74, 6) is 0. The monoisotopic (exact) mass is 297 g/mol. The molecule has 0 amide bonds. The van der Waals surface area contributed by atoms with E-state index in [1.54, 1.807) is 0 Å². The van der Waals surface area contributed by atoms with E-state index in [0.717, 1.165) is 29.6 Å². The number of halogens is 1. The third-order valence-corrected chi connectivity index (χ3v) is 3.71. The Hall–Kier alpha value is -2.13. The van der Waals surface area contributed by atoms with Gasteiger partial charge in [0.25, 0.3) is 0 Å². The zero-order valence-corrected chi connectivity index (χ0v) is 12.6. The van der Waals surface area contributed by atoms with Crippen molar-refractivity contribution >= 4 is 28.2 Å². The maximum absolute atomic E-state index is 5.79. The SMILES string of the molecule is Cc1cccc2c(NCCc3ccc(Cl)nc3)ccnc12. The first-order chi connectivity index (χ1) is 10.2. The number of rotatable bonds is 4. The van der Waals surface area contributed by atoms with E-state index < -0.39 is 0 Å². The number of fused-ring (bicyclic) bond motifs is 1. The Balaban J connectivity index is 1.73. The molecule has 2 heterocycles. The number of nitrogens with one attached hydrogen (secondary N) is 1. The second-order valence-corrected chi connectivity index (χ2v) is 5.38. The second kappa shape index (κ2) is 6.10. The molecular weight excluding hydrogens is 282 g/mol. The molecule has 1 N–H and O–H groups in total. The Kier molecular flexibility index (Phi) is 4.02.